The number of hydrogen-bond donors (Lipinski definition) is 0. The second-order valence-corrected chi connectivity index (χ2v) is 9.10. The van der Waals surface area contributed by atoms with Gasteiger partial charge in [0, 0.05) is 31.6 Å². The number of nitrogens with zero attached hydrogens (tertiary/aromatic N) is 3. The molecule has 0 N–H and O–H groups in total. The quantitative estimate of drug-likeness (QED) is 0.372. The lowest BCUT2D eigenvalue weighted by molar-refractivity contribution is 0.0523. The maximum atomic E-state index is 13.9. The first kappa shape index (κ1) is 24.4. The van der Waals surface area contributed by atoms with Crippen LogP contribution < -0.4 is 10.5 Å². The smallest absolute Gasteiger partial charge is 0.345 e. The van der Waals surface area contributed by atoms with E-state index in [1.807, 2.05) is 60.4 Å². The van der Waals surface area contributed by atoms with Crippen LogP contribution in [0.2, 0.25) is 0 Å². The average molecular weight is 500 g/mol. The van der Waals surface area contributed by atoms with Gasteiger partial charge in [0.15, 0.2) is 5.76 Å². The van der Waals surface area contributed by atoms with Crippen LogP contribution in [-0.2, 0) is 11.3 Å². The van der Waals surface area contributed by atoms with Gasteiger partial charge >= 0.3 is 5.97 Å². The molecule has 0 atom stereocenters. The van der Waals surface area contributed by atoms with E-state index in [1.54, 1.807) is 28.5 Å². The van der Waals surface area contributed by atoms with Crippen molar-refractivity contribution in [1.82, 2.24) is 9.47 Å². The molecule has 1 aliphatic rings. The fourth-order valence-electron chi connectivity index (χ4n) is 4.88. The standard InChI is InChI=1S/C29H29N3O5/c1-3-36-29(35)25-26(30-13-15-31(16-14-30)27(33)24-10-7-17-37-24)22-18-20(2)11-12-23(22)32(28(25)34)19-21-8-5-4-6-9-21/h4-12,17-18H,3,13-16,19H2,1-2H3. The highest BCUT2D eigenvalue weighted by molar-refractivity contribution is 6.05. The van der Waals surface area contributed by atoms with Gasteiger partial charge in [-0.1, -0.05) is 42.0 Å². The summed E-state index contributed by atoms with van der Waals surface area (Å²) in [7, 11) is 0. The third kappa shape index (κ3) is 4.74. The normalized spacial score (nSPS) is 13.7. The van der Waals surface area contributed by atoms with Crippen molar-refractivity contribution in [2.24, 2.45) is 0 Å². The Morgan fingerprint density at radius 3 is 2.41 bits per heavy atom. The Morgan fingerprint density at radius 2 is 1.73 bits per heavy atom. The largest absolute Gasteiger partial charge is 0.462 e. The fourth-order valence-corrected chi connectivity index (χ4v) is 4.88. The SMILES string of the molecule is CCOC(=O)c1c(N2CCN(C(=O)c3ccco3)CC2)c2cc(C)ccc2n(Cc2ccccc2)c1=O. The van der Waals surface area contributed by atoms with E-state index in [4.69, 9.17) is 9.15 Å². The van der Waals surface area contributed by atoms with E-state index in [-0.39, 0.29) is 23.6 Å². The summed E-state index contributed by atoms with van der Waals surface area (Å²) in [5.41, 5.74) is 2.93. The van der Waals surface area contributed by atoms with Gasteiger partial charge in [0.05, 0.1) is 30.6 Å². The molecular weight excluding hydrogens is 470 g/mol. The number of pyridine rings is 1. The number of furan rings is 1. The van der Waals surface area contributed by atoms with Crippen LogP contribution in [0.15, 0.2) is 76.1 Å². The van der Waals surface area contributed by atoms with Gasteiger partial charge in [0.1, 0.15) is 5.56 Å². The summed E-state index contributed by atoms with van der Waals surface area (Å²) in [4.78, 5) is 43.7. The van der Waals surface area contributed by atoms with Gasteiger partial charge in [0.2, 0.25) is 0 Å². The zero-order chi connectivity index (χ0) is 25.9. The van der Waals surface area contributed by atoms with E-state index < -0.39 is 5.97 Å². The molecule has 0 spiro atoms. The molecule has 190 valence electrons. The van der Waals surface area contributed by atoms with Gasteiger partial charge < -0.3 is 23.5 Å². The Hall–Kier alpha value is -4.33. The number of aryl methyl sites for hydroxylation is 1. The van der Waals surface area contributed by atoms with E-state index in [2.05, 4.69) is 0 Å². The molecular formula is C29H29N3O5. The van der Waals surface area contributed by atoms with Crippen molar-refractivity contribution in [3.05, 3.63) is 99.7 Å². The Kier molecular flexibility index (Phi) is 6.81. The lowest BCUT2D eigenvalue weighted by atomic mass is 10.0. The van der Waals surface area contributed by atoms with E-state index >= 15 is 0 Å². The molecule has 8 heteroatoms. The zero-order valence-electron chi connectivity index (χ0n) is 21.0. The highest BCUT2D eigenvalue weighted by Gasteiger charge is 2.31. The second-order valence-electron chi connectivity index (χ2n) is 9.10. The van der Waals surface area contributed by atoms with Gasteiger partial charge in [-0.2, -0.15) is 0 Å². The van der Waals surface area contributed by atoms with Gasteiger partial charge in [-0.15, -0.1) is 0 Å². The molecule has 8 nitrogen and oxygen atoms in total. The molecule has 1 amide bonds. The van der Waals surface area contributed by atoms with E-state index in [0.717, 1.165) is 22.0 Å². The number of fused-ring (bicyclic) bond motifs is 1. The number of carbonyl (C=O) groups is 2. The molecule has 0 radical (unpaired) electrons. The lowest BCUT2D eigenvalue weighted by Gasteiger charge is -2.37. The Balaban J connectivity index is 1.60. The summed E-state index contributed by atoms with van der Waals surface area (Å²) in [6, 6.07) is 18.9. The monoisotopic (exact) mass is 499 g/mol. The van der Waals surface area contributed by atoms with Crippen LogP contribution in [0.25, 0.3) is 10.9 Å². The molecule has 0 bridgehead atoms. The third-order valence-electron chi connectivity index (χ3n) is 6.67. The topological polar surface area (TPSA) is 85.0 Å². The highest BCUT2D eigenvalue weighted by Crippen LogP contribution is 2.32. The van der Waals surface area contributed by atoms with Crippen LogP contribution in [0.5, 0.6) is 0 Å². The minimum absolute atomic E-state index is 0.0293. The van der Waals surface area contributed by atoms with Gasteiger partial charge in [-0.25, -0.2) is 4.79 Å². The summed E-state index contributed by atoms with van der Waals surface area (Å²) in [5, 5.41) is 0.810. The fraction of sp³-hybridized carbons (Fsp3) is 0.276. The number of piperazine rings is 1. The van der Waals surface area contributed by atoms with E-state index in [1.165, 1.54) is 6.26 Å². The first-order valence-corrected chi connectivity index (χ1v) is 12.4. The second kappa shape index (κ2) is 10.3. The average Bonchev–Trinajstić information content (AvgIpc) is 3.45. The number of anilines is 1. The van der Waals surface area contributed by atoms with Crippen LogP contribution >= 0.6 is 0 Å². The first-order chi connectivity index (χ1) is 18.0. The minimum atomic E-state index is -0.637. The maximum Gasteiger partial charge on any atom is 0.345 e. The number of esters is 1. The minimum Gasteiger partial charge on any atom is -0.462 e. The van der Waals surface area contributed by atoms with Crippen molar-refractivity contribution < 1.29 is 18.7 Å². The van der Waals surface area contributed by atoms with Gasteiger partial charge in [-0.05, 0) is 43.7 Å². The molecule has 37 heavy (non-hydrogen) atoms. The third-order valence-corrected chi connectivity index (χ3v) is 6.67. The summed E-state index contributed by atoms with van der Waals surface area (Å²) in [5.74, 6) is -0.513. The van der Waals surface area contributed by atoms with E-state index in [9.17, 15) is 14.4 Å². The van der Waals surface area contributed by atoms with Crippen LogP contribution in [0, 0.1) is 6.92 Å². The lowest BCUT2D eigenvalue weighted by Crippen LogP contribution is -2.49. The molecule has 0 unspecified atom stereocenters. The molecule has 0 aliphatic carbocycles. The Bertz CT molecular complexity index is 1480. The number of carbonyl (C=O) groups excluding carboxylic acids is 2. The molecule has 0 saturated carbocycles. The molecule has 5 rings (SSSR count). The summed E-state index contributed by atoms with van der Waals surface area (Å²) in [6.45, 7) is 5.99. The van der Waals surface area contributed by atoms with Crippen LogP contribution in [0.1, 0.15) is 39.0 Å². The summed E-state index contributed by atoms with van der Waals surface area (Å²) >= 11 is 0. The highest BCUT2D eigenvalue weighted by atomic mass is 16.5. The molecule has 2 aromatic carbocycles. The molecule has 3 heterocycles. The Morgan fingerprint density at radius 1 is 0.973 bits per heavy atom. The number of benzene rings is 2. The molecule has 1 fully saturated rings. The first-order valence-electron chi connectivity index (χ1n) is 12.4. The molecule has 2 aromatic heterocycles. The molecule has 4 aromatic rings. The predicted molar refractivity (Wildman–Crippen MR) is 141 cm³/mol. The Labute approximate surface area is 214 Å². The zero-order valence-corrected chi connectivity index (χ0v) is 21.0. The van der Waals surface area contributed by atoms with Crippen molar-refractivity contribution >= 4 is 28.5 Å². The van der Waals surface area contributed by atoms with Crippen molar-refractivity contribution in [2.45, 2.75) is 20.4 Å². The number of aromatic nitrogens is 1. The molecule has 1 aliphatic heterocycles. The number of hydrogen-bond acceptors (Lipinski definition) is 6. The van der Waals surface area contributed by atoms with Gasteiger partial charge in [-0.3, -0.25) is 9.59 Å². The summed E-state index contributed by atoms with van der Waals surface area (Å²) < 4.78 is 12.3. The van der Waals surface area contributed by atoms with Crippen LogP contribution in [-0.4, -0.2) is 54.1 Å². The molecule has 1 saturated heterocycles. The number of rotatable bonds is 6. The summed E-state index contributed by atoms with van der Waals surface area (Å²) in [6.07, 6.45) is 1.48. The predicted octanol–water partition coefficient (Wildman–Crippen LogP) is 4.09. The maximum absolute atomic E-state index is 13.9. The van der Waals surface area contributed by atoms with Crippen molar-refractivity contribution in [3.8, 4) is 0 Å². The number of amides is 1. The van der Waals surface area contributed by atoms with Crippen LogP contribution in [0.3, 0.4) is 0 Å². The van der Waals surface area contributed by atoms with Crippen molar-refractivity contribution in [2.75, 3.05) is 37.7 Å². The van der Waals surface area contributed by atoms with Gasteiger partial charge in [0.25, 0.3) is 11.5 Å². The van der Waals surface area contributed by atoms with E-state index in [0.29, 0.717) is 44.2 Å². The van der Waals surface area contributed by atoms with Crippen molar-refractivity contribution in [3.63, 3.8) is 0 Å². The number of ether oxygens (including phenoxy) is 1. The van der Waals surface area contributed by atoms with Crippen LogP contribution in [0.4, 0.5) is 5.69 Å². The van der Waals surface area contributed by atoms with Crippen molar-refractivity contribution in [1.29, 1.82) is 0 Å².